The minimum absolute atomic E-state index is 0.107. The quantitative estimate of drug-likeness (QED) is 0.763. The van der Waals surface area contributed by atoms with Gasteiger partial charge in [0, 0.05) is 19.6 Å². The molecule has 0 saturated carbocycles. The van der Waals surface area contributed by atoms with Crippen molar-refractivity contribution in [2.75, 3.05) is 38.5 Å². The van der Waals surface area contributed by atoms with E-state index in [1.807, 2.05) is 14.0 Å². The van der Waals surface area contributed by atoms with Gasteiger partial charge in [0.25, 0.3) is 0 Å². The van der Waals surface area contributed by atoms with Crippen LogP contribution < -0.4 is 10.0 Å². The Morgan fingerprint density at radius 3 is 2.67 bits per heavy atom. The Kier molecular flexibility index (Phi) is 5.49. The van der Waals surface area contributed by atoms with Crippen LogP contribution in [0.5, 0.6) is 0 Å². The van der Waals surface area contributed by atoms with Gasteiger partial charge >= 0.3 is 0 Å². The van der Waals surface area contributed by atoms with Crippen LogP contribution >= 0.6 is 0 Å². The lowest BCUT2D eigenvalue weighted by molar-refractivity contribution is 0.394. The molecule has 0 radical (unpaired) electrons. The molecule has 7 nitrogen and oxygen atoms in total. The Bertz CT molecular complexity index is 546. The standard InChI is InChI=1S/C13H23N5O2S/c1-3-5-14-13-15-8-12(9-16-13)21(19,20)17-7-11-4-6-18(2)10-11/h8-9,11,17H,3-7,10H2,1-2H3,(H,14,15,16). The zero-order chi connectivity index (χ0) is 15.3. The Balaban J connectivity index is 1.92. The molecule has 1 fully saturated rings. The summed E-state index contributed by atoms with van der Waals surface area (Å²) in [5.74, 6) is 0.824. The molecule has 1 aliphatic heterocycles. The third-order valence-corrected chi connectivity index (χ3v) is 4.90. The van der Waals surface area contributed by atoms with E-state index in [1.54, 1.807) is 0 Å². The molecule has 0 aliphatic carbocycles. The van der Waals surface area contributed by atoms with E-state index in [0.29, 0.717) is 18.4 Å². The summed E-state index contributed by atoms with van der Waals surface area (Å²) in [5.41, 5.74) is 0. The normalized spacial score (nSPS) is 19.8. The van der Waals surface area contributed by atoms with Gasteiger partial charge in [-0.2, -0.15) is 0 Å². The topological polar surface area (TPSA) is 87.2 Å². The summed E-state index contributed by atoms with van der Waals surface area (Å²) >= 11 is 0. The maximum atomic E-state index is 12.2. The summed E-state index contributed by atoms with van der Waals surface area (Å²) in [4.78, 5) is 10.4. The van der Waals surface area contributed by atoms with Crippen LogP contribution in [0.15, 0.2) is 17.3 Å². The lowest BCUT2D eigenvalue weighted by atomic mass is 10.1. The second-order valence-corrected chi connectivity index (χ2v) is 7.20. The molecular weight excluding hydrogens is 290 g/mol. The monoisotopic (exact) mass is 313 g/mol. The fraction of sp³-hybridized carbons (Fsp3) is 0.692. The fourth-order valence-electron chi connectivity index (χ4n) is 2.29. The molecule has 1 aromatic heterocycles. The van der Waals surface area contributed by atoms with E-state index in [0.717, 1.165) is 32.5 Å². The average molecular weight is 313 g/mol. The van der Waals surface area contributed by atoms with Gasteiger partial charge in [-0.1, -0.05) is 6.92 Å². The van der Waals surface area contributed by atoms with Crippen molar-refractivity contribution in [2.45, 2.75) is 24.7 Å². The number of likely N-dealkylation sites (tertiary alicyclic amines) is 1. The lowest BCUT2D eigenvalue weighted by Crippen LogP contribution is -2.30. The molecule has 0 spiro atoms. The van der Waals surface area contributed by atoms with Crippen LogP contribution in [0.1, 0.15) is 19.8 Å². The van der Waals surface area contributed by atoms with Crippen molar-refractivity contribution in [2.24, 2.45) is 5.92 Å². The van der Waals surface area contributed by atoms with Crippen molar-refractivity contribution < 1.29 is 8.42 Å². The van der Waals surface area contributed by atoms with Gasteiger partial charge in [0.15, 0.2) is 0 Å². The number of sulfonamides is 1. The Morgan fingerprint density at radius 1 is 1.38 bits per heavy atom. The third-order valence-electron chi connectivity index (χ3n) is 3.52. The maximum Gasteiger partial charge on any atom is 0.243 e. The Hall–Kier alpha value is -1.25. The molecule has 2 heterocycles. The Labute approximate surface area is 126 Å². The molecule has 1 aromatic rings. The van der Waals surface area contributed by atoms with Gasteiger partial charge in [0.05, 0.1) is 12.4 Å². The van der Waals surface area contributed by atoms with Crippen molar-refractivity contribution in [3.63, 3.8) is 0 Å². The highest BCUT2D eigenvalue weighted by molar-refractivity contribution is 7.89. The highest BCUT2D eigenvalue weighted by Gasteiger charge is 2.22. The van der Waals surface area contributed by atoms with E-state index in [4.69, 9.17) is 0 Å². The third kappa shape index (κ3) is 4.62. The van der Waals surface area contributed by atoms with Crippen LogP contribution in [-0.2, 0) is 10.0 Å². The van der Waals surface area contributed by atoms with E-state index in [-0.39, 0.29) is 4.90 Å². The van der Waals surface area contributed by atoms with Crippen LogP contribution in [-0.4, -0.2) is 56.5 Å². The van der Waals surface area contributed by atoms with Gasteiger partial charge < -0.3 is 10.2 Å². The largest absolute Gasteiger partial charge is 0.354 e. The number of nitrogens with one attached hydrogen (secondary N) is 2. The average Bonchev–Trinajstić information content (AvgIpc) is 2.89. The number of rotatable bonds is 7. The molecule has 21 heavy (non-hydrogen) atoms. The second-order valence-electron chi connectivity index (χ2n) is 5.44. The highest BCUT2D eigenvalue weighted by atomic mass is 32.2. The van der Waals surface area contributed by atoms with Crippen LogP contribution in [0.4, 0.5) is 5.95 Å². The van der Waals surface area contributed by atoms with E-state index in [1.165, 1.54) is 12.4 Å². The fourth-order valence-corrected chi connectivity index (χ4v) is 3.29. The van der Waals surface area contributed by atoms with Crippen LogP contribution in [0, 0.1) is 5.92 Å². The number of anilines is 1. The second kappa shape index (κ2) is 7.15. The van der Waals surface area contributed by atoms with Gasteiger partial charge in [-0.15, -0.1) is 0 Å². The zero-order valence-electron chi connectivity index (χ0n) is 12.5. The summed E-state index contributed by atoms with van der Waals surface area (Å²) in [6, 6.07) is 0. The van der Waals surface area contributed by atoms with E-state index in [9.17, 15) is 8.42 Å². The maximum absolute atomic E-state index is 12.2. The van der Waals surface area contributed by atoms with Crippen LogP contribution in [0.2, 0.25) is 0 Å². The van der Waals surface area contributed by atoms with Crippen LogP contribution in [0.25, 0.3) is 0 Å². The first-order valence-electron chi connectivity index (χ1n) is 7.25. The van der Waals surface area contributed by atoms with Crippen LogP contribution in [0.3, 0.4) is 0 Å². The summed E-state index contributed by atoms with van der Waals surface area (Å²) in [6.45, 7) is 5.21. The number of aromatic nitrogens is 2. The molecule has 1 aliphatic rings. The highest BCUT2D eigenvalue weighted by Crippen LogP contribution is 2.14. The number of nitrogens with zero attached hydrogens (tertiary/aromatic N) is 3. The molecule has 2 N–H and O–H groups in total. The van der Waals surface area contributed by atoms with Gasteiger partial charge in [0.1, 0.15) is 4.90 Å². The number of hydrogen-bond acceptors (Lipinski definition) is 6. The molecule has 118 valence electrons. The van der Waals surface area contributed by atoms with Crippen molar-refractivity contribution in [1.29, 1.82) is 0 Å². The van der Waals surface area contributed by atoms with Crippen molar-refractivity contribution >= 4 is 16.0 Å². The molecular formula is C13H23N5O2S. The van der Waals surface area contributed by atoms with Crippen molar-refractivity contribution in [1.82, 2.24) is 19.6 Å². The van der Waals surface area contributed by atoms with Crippen molar-refractivity contribution in [3.8, 4) is 0 Å². The van der Waals surface area contributed by atoms with Crippen molar-refractivity contribution in [3.05, 3.63) is 12.4 Å². The van der Waals surface area contributed by atoms with E-state index < -0.39 is 10.0 Å². The molecule has 8 heteroatoms. The smallest absolute Gasteiger partial charge is 0.243 e. The molecule has 0 amide bonds. The predicted molar refractivity (Wildman–Crippen MR) is 81.6 cm³/mol. The van der Waals surface area contributed by atoms with E-state index >= 15 is 0 Å². The van der Waals surface area contributed by atoms with Gasteiger partial charge in [-0.25, -0.2) is 23.1 Å². The first-order chi connectivity index (χ1) is 10.0. The van der Waals surface area contributed by atoms with Gasteiger partial charge in [-0.3, -0.25) is 0 Å². The summed E-state index contributed by atoms with van der Waals surface area (Å²) in [5, 5.41) is 3.01. The molecule has 0 bridgehead atoms. The molecule has 0 aromatic carbocycles. The van der Waals surface area contributed by atoms with Gasteiger partial charge in [-0.05, 0) is 32.4 Å². The van der Waals surface area contributed by atoms with E-state index in [2.05, 4.69) is 24.9 Å². The first kappa shape index (κ1) is 16.1. The first-order valence-corrected chi connectivity index (χ1v) is 8.73. The minimum atomic E-state index is -3.52. The summed E-state index contributed by atoms with van der Waals surface area (Å²) < 4.78 is 27.0. The predicted octanol–water partition coefficient (Wildman–Crippen LogP) is 0.529. The zero-order valence-corrected chi connectivity index (χ0v) is 13.4. The SMILES string of the molecule is CCCNc1ncc(S(=O)(=O)NCC2CCN(C)C2)cn1. The molecule has 1 atom stereocenters. The molecule has 1 unspecified atom stereocenters. The Morgan fingerprint density at radius 2 is 2.10 bits per heavy atom. The minimum Gasteiger partial charge on any atom is -0.354 e. The molecule has 2 rings (SSSR count). The summed E-state index contributed by atoms with van der Waals surface area (Å²) in [6.07, 6.45) is 4.67. The lowest BCUT2D eigenvalue weighted by Gasteiger charge is -2.12. The van der Waals surface area contributed by atoms with Gasteiger partial charge in [0.2, 0.25) is 16.0 Å². The summed E-state index contributed by atoms with van der Waals surface area (Å²) in [7, 11) is -1.48. The number of hydrogen-bond donors (Lipinski definition) is 2. The molecule has 1 saturated heterocycles.